The predicted octanol–water partition coefficient (Wildman–Crippen LogP) is 4.94. The minimum Gasteiger partial charge on any atom is -0.480 e. The number of piperidine rings is 5. The molecule has 7 aliphatic heterocycles. The number of nitrogens with one attached hydrogen (secondary N) is 8. The summed E-state index contributed by atoms with van der Waals surface area (Å²) in [6.45, 7) is 12.8. The van der Waals surface area contributed by atoms with Crippen LogP contribution in [0.4, 0.5) is 30.8 Å². The van der Waals surface area contributed by atoms with Gasteiger partial charge in [-0.05, 0) is 257 Å². The lowest BCUT2D eigenvalue weighted by Crippen LogP contribution is -2.62. The lowest BCUT2D eigenvalue weighted by Gasteiger charge is -2.43. The molecule has 5 aromatic heterocycles. The number of aliphatic carboxylic acids is 3. The van der Waals surface area contributed by atoms with E-state index in [1.165, 1.54) is 77.9 Å². The predicted molar refractivity (Wildman–Crippen MR) is 503 cm³/mol. The molecule has 16 N–H and O–H groups in total. The molecule has 41 heteroatoms. The van der Waals surface area contributed by atoms with E-state index in [4.69, 9.17) is 9.97 Å². The first-order valence-electron chi connectivity index (χ1n) is 49.0. The van der Waals surface area contributed by atoms with Crippen LogP contribution in [0.3, 0.4) is 0 Å². The number of hydrogen-bond donors (Lipinski definition) is 16. The van der Waals surface area contributed by atoms with Crippen LogP contribution in [0, 0.1) is 6.92 Å². The van der Waals surface area contributed by atoms with E-state index >= 15 is 0 Å². The molecule has 0 bridgehead atoms. The Morgan fingerprint density at radius 2 is 0.839 bits per heavy atom. The van der Waals surface area contributed by atoms with Gasteiger partial charge in [0.05, 0.1) is 23.3 Å². The number of ketones is 2. The number of amides is 11. The van der Waals surface area contributed by atoms with Gasteiger partial charge in [-0.2, -0.15) is 0 Å². The van der Waals surface area contributed by atoms with Crippen molar-refractivity contribution in [1.29, 1.82) is 0 Å². The number of carbonyl (C=O) groups excluding carboxylic acids is 9. The van der Waals surface area contributed by atoms with Gasteiger partial charge in [-0.15, -0.1) is 5.10 Å². The molecule has 0 radical (unpaired) electrons. The molecule has 5 fully saturated rings. The minimum atomic E-state index is -1.68. The van der Waals surface area contributed by atoms with Gasteiger partial charge in [0, 0.05) is 171 Å². The third kappa shape index (κ3) is 30.4. The monoisotopic (exact) mass is 1910 g/mol. The van der Waals surface area contributed by atoms with Crippen molar-refractivity contribution in [1.82, 2.24) is 96.5 Å². The zero-order valence-electron chi connectivity index (χ0n) is 79.7. The number of tetrazole rings is 1. The summed E-state index contributed by atoms with van der Waals surface area (Å²) in [4.78, 5) is 172. The maximum atomic E-state index is 13.0. The standard InChI is InChI=1S/C27H41N5O6.C24H35N9O5.C24H34N4O5.C21H31N3O4/c1-2-3-8-21(33)11-12-22(34)31-23(25(35)36)27(38)13-17-32(18-14-27)26(37)29-16-5-7-20-10-9-19-6-4-15-28-24(19)30-20;1-16-29-30-31-33(16)13-8-19(34)28-20(22(35)36)24(38)9-14-32(15-10-24)23(37)26-12-3-5-18-7-6-17-4-2-11-25-21(17)27-18;1-16(29)25-21(22(30)31)24(33)10-14-28(15-11-24)23(32)27-12-8-18(9-13-27)20-7-6-17-4-2-3-5-19(17)26-20;1-15(25)19(26)21(28)10-13-24(14-11-21)20(27)22-12-4-6-17-9-8-16-5-2-3-7-18(16)23-17/h9-10,23,38H,2-8,11-18H2,1H3,(H,28,30)(H,29,37)(H,31,34)(H,35,36);6-7,20,38H,2-5,8-15H2,1H3,(H,25,27)(H,26,37)(H,28,34)(H,35,36);6-7,18,21,33H,2-5,8-15H2,1H3,(H,25,29)(H,30,31);8-9,19,26,28H,2-7,10-14H2,1H3,(H,22,27)/t;;21-;/m..0./s1. The van der Waals surface area contributed by atoms with Crippen molar-refractivity contribution in [2.75, 3.05) is 109 Å². The molecule has 4 atom stereocenters. The summed E-state index contributed by atoms with van der Waals surface area (Å²) in [6.07, 6.45) is 21.1. The van der Waals surface area contributed by atoms with Crippen molar-refractivity contribution >= 4 is 83.0 Å². The fraction of sp³-hybridized carbons (Fsp3) is 0.656. The number of nitrogens with zero attached hydrogens (tertiary/aromatic N) is 13. The van der Waals surface area contributed by atoms with Crippen LogP contribution in [0.2, 0.25) is 0 Å². The summed E-state index contributed by atoms with van der Waals surface area (Å²) in [5.41, 5.74) is 5.54. The lowest BCUT2D eigenvalue weighted by molar-refractivity contribution is -0.153. The summed E-state index contributed by atoms with van der Waals surface area (Å²) in [5.74, 6) is -3.26. The molecule has 12 heterocycles. The number of aryl methyl sites for hydroxylation is 11. The highest BCUT2D eigenvalue weighted by Crippen LogP contribution is 2.35. The molecule has 5 aromatic rings. The van der Waals surface area contributed by atoms with Crippen LogP contribution in [0.25, 0.3) is 0 Å². The number of Topliss-reactive ketones (excluding diaryl/α,β-unsaturated/α-hetero) is 2. The van der Waals surface area contributed by atoms with Crippen LogP contribution in [0.1, 0.15) is 249 Å². The molecule has 3 unspecified atom stereocenters. The Morgan fingerprint density at radius 1 is 0.445 bits per heavy atom. The fourth-order valence-electron chi connectivity index (χ4n) is 19.2. The number of aliphatic hydroxyl groups is 5. The number of hydrogen-bond acceptors (Lipinski definition) is 26. The van der Waals surface area contributed by atoms with Gasteiger partial charge in [0.15, 0.2) is 23.9 Å². The second-order valence-electron chi connectivity index (χ2n) is 37.8. The van der Waals surface area contributed by atoms with Gasteiger partial charge in [0.1, 0.15) is 34.9 Å². The van der Waals surface area contributed by atoms with Gasteiger partial charge in [-0.3, -0.25) is 33.9 Å². The number of carboxylic acids is 3. The highest BCUT2D eigenvalue weighted by molar-refractivity contribution is 5.89. The molecule has 137 heavy (non-hydrogen) atoms. The van der Waals surface area contributed by atoms with E-state index in [-0.39, 0.29) is 146 Å². The van der Waals surface area contributed by atoms with E-state index in [1.54, 1.807) is 26.5 Å². The summed E-state index contributed by atoms with van der Waals surface area (Å²) in [6, 6.07) is 11.8. The second kappa shape index (κ2) is 50.6. The van der Waals surface area contributed by atoms with Crippen molar-refractivity contribution in [3.8, 4) is 0 Å². The summed E-state index contributed by atoms with van der Waals surface area (Å²) in [5, 5.41) is 115. The molecule has 750 valence electrons. The number of aromatic nitrogens is 8. The number of carboxylic acid groups (broad SMARTS) is 3. The van der Waals surface area contributed by atoms with Crippen LogP contribution < -0.4 is 42.5 Å². The maximum Gasteiger partial charge on any atom is 0.329 e. The van der Waals surface area contributed by atoms with Crippen molar-refractivity contribution < 1.29 is 98.4 Å². The zero-order chi connectivity index (χ0) is 98.4. The van der Waals surface area contributed by atoms with E-state index in [0.29, 0.717) is 64.0 Å². The molecule has 0 saturated carbocycles. The largest absolute Gasteiger partial charge is 0.480 e. The van der Waals surface area contributed by atoms with Gasteiger partial charge in [-0.25, -0.2) is 48.2 Å². The third-order valence-corrected chi connectivity index (χ3v) is 27.7. The molecule has 0 spiro atoms. The van der Waals surface area contributed by atoms with E-state index < -0.39 is 88.0 Å². The van der Waals surface area contributed by atoms with Crippen molar-refractivity contribution in [3.05, 3.63) is 111 Å². The molecule has 11 amide bonds. The van der Waals surface area contributed by atoms with E-state index in [1.807, 2.05) is 24.0 Å². The Labute approximate surface area is 798 Å². The molecular formula is C96H141N21O20. The average Bonchev–Trinajstić information content (AvgIpc) is 1.03. The Hall–Kier alpha value is -11.7. The van der Waals surface area contributed by atoms with Gasteiger partial charge in [0.25, 0.3) is 0 Å². The third-order valence-electron chi connectivity index (χ3n) is 27.7. The van der Waals surface area contributed by atoms with E-state index in [2.05, 4.69) is 104 Å². The van der Waals surface area contributed by atoms with Gasteiger partial charge < -0.3 is 108 Å². The summed E-state index contributed by atoms with van der Waals surface area (Å²) in [7, 11) is 0. The fourth-order valence-corrected chi connectivity index (χ4v) is 19.2. The average molecular weight is 1910 g/mol. The smallest absolute Gasteiger partial charge is 0.329 e. The van der Waals surface area contributed by atoms with Crippen LogP contribution >= 0.6 is 0 Å². The lowest BCUT2D eigenvalue weighted by atomic mass is 9.84. The number of carbonyl (C=O) groups is 12. The Bertz CT molecular complexity index is 4960. The van der Waals surface area contributed by atoms with Gasteiger partial charge in [-0.1, -0.05) is 37.6 Å². The quantitative estimate of drug-likeness (QED) is 0.0247. The van der Waals surface area contributed by atoms with Crippen molar-refractivity contribution in [3.63, 3.8) is 0 Å². The second-order valence-corrected chi connectivity index (χ2v) is 37.8. The molecule has 9 aliphatic rings. The Balaban J connectivity index is 0.000000176. The topological polar surface area (TPSA) is 574 Å². The number of aliphatic hydroxyl groups excluding tert-OH is 1. The number of anilines is 2. The van der Waals surface area contributed by atoms with Crippen molar-refractivity contribution in [2.45, 2.75) is 305 Å². The molecule has 41 nitrogen and oxygen atoms in total. The van der Waals surface area contributed by atoms with Crippen LogP contribution in [0.5, 0.6) is 0 Å². The number of fused-ring (bicyclic) bond motifs is 4. The van der Waals surface area contributed by atoms with E-state index in [0.717, 1.165) is 163 Å². The highest BCUT2D eigenvalue weighted by Gasteiger charge is 2.50. The maximum absolute atomic E-state index is 13.0. The normalized spacial score (nSPS) is 18.7. The first-order valence-corrected chi connectivity index (χ1v) is 49.0. The van der Waals surface area contributed by atoms with E-state index in [9.17, 15) is 98.4 Å². The summed E-state index contributed by atoms with van der Waals surface area (Å²) >= 11 is 0. The van der Waals surface area contributed by atoms with Crippen LogP contribution in [-0.2, 0) is 103 Å². The first-order chi connectivity index (χ1) is 65.6. The summed E-state index contributed by atoms with van der Waals surface area (Å²) < 4.78 is 1.43. The van der Waals surface area contributed by atoms with Crippen LogP contribution in [0.15, 0.2) is 48.5 Å². The SMILES string of the molecule is CC(=O)C(O)C1(O)CCN(C(=O)NCCCc2ccc3c(n2)CCCC3)CC1.CC(=O)N[C@@H](C(=O)O)C1(O)CCN(C(=O)N2CCC(c3ccc4c(n3)CCCC4)CC2)CC1.CCCCC(=O)CCC(=O)NC(C(=O)O)C1(O)CCN(C(=O)NCCCc2ccc3c(n2)NCCC3)CC1.Cc1nnnn1CCC(=O)NC(C(=O)O)C1(O)CCN(C(=O)NCCCc2ccc3c(n2)NCCC3)CC1. The number of rotatable bonds is 33. The number of pyridine rings is 4. The first kappa shape index (κ1) is 106. The number of unbranched alkanes of at least 4 members (excludes halogenated alkanes) is 1. The van der Waals surface area contributed by atoms with Crippen LogP contribution in [-0.4, -0.2) is 322 Å². The van der Waals surface area contributed by atoms with Gasteiger partial charge in [0.2, 0.25) is 17.7 Å². The Morgan fingerprint density at radius 3 is 1.27 bits per heavy atom. The molecular weight excluding hydrogens is 1770 g/mol. The molecule has 2 aliphatic carbocycles. The Kier molecular flexibility index (Phi) is 39.0. The minimum absolute atomic E-state index is 0.0130. The molecule has 5 saturated heterocycles. The number of likely N-dealkylation sites (tertiary alicyclic amines) is 5. The molecule has 0 aromatic carbocycles. The zero-order valence-corrected chi connectivity index (χ0v) is 79.7. The molecule has 14 rings (SSSR count). The van der Waals surface area contributed by atoms with Gasteiger partial charge >= 0.3 is 42.0 Å². The highest BCUT2D eigenvalue weighted by atomic mass is 16.4. The number of urea groups is 4. The van der Waals surface area contributed by atoms with Crippen molar-refractivity contribution in [2.24, 2.45) is 0 Å².